The van der Waals surface area contributed by atoms with E-state index in [9.17, 15) is 9.59 Å². The van der Waals surface area contributed by atoms with Crippen LogP contribution in [0.3, 0.4) is 0 Å². The molecule has 0 atom stereocenters. The van der Waals surface area contributed by atoms with Crippen LogP contribution < -0.4 is 5.32 Å². The van der Waals surface area contributed by atoms with E-state index in [1.807, 2.05) is 31.2 Å². The van der Waals surface area contributed by atoms with Crippen LogP contribution in [0.25, 0.3) is 21.7 Å². The van der Waals surface area contributed by atoms with E-state index in [1.54, 1.807) is 18.2 Å². The zero-order valence-electron chi connectivity index (χ0n) is 22.2. The van der Waals surface area contributed by atoms with Gasteiger partial charge in [-0.05, 0) is 66.4 Å². The van der Waals surface area contributed by atoms with Crippen molar-refractivity contribution in [3.8, 4) is 11.3 Å². The first kappa shape index (κ1) is 28.3. The standard InChI is InChI=1S/C30H33ClN6O2/c1-2-7-21(10-6-17-31)18-27(38)35-29-26(15-11-20-8-4-3-5-9-20)33-28-24-14-12-23(30(39)36-37-32)19-22(24)13-16-25(28)34-29/h2,6-7,10,12,14,17,19-20H,3-5,8-9,11,13,15-16,18H2,1H3,(H,34,35,38)/b7-2-,17-6+,21-10+. The Morgan fingerprint density at radius 2 is 2.03 bits per heavy atom. The third kappa shape index (κ3) is 7.43. The molecule has 1 fully saturated rings. The molecule has 4 rings (SSSR count). The summed E-state index contributed by atoms with van der Waals surface area (Å²) in [7, 11) is 0. The average molecular weight is 545 g/mol. The number of nitrogens with one attached hydrogen (secondary N) is 1. The molecular formula is C30H33ClN6O2. The van der Waals surface area contributed by atoms with E-state index in [4.69, 9.17) is 27.1 Å². The monoisotopic (exact) mass is 544 g/mol. The van der Waals surface area contributed by atoms with Crippen molar-refractivity contribution >= 4 is 29.2 Å². The normalized spacial score (nSPS) is 15.6. The quantitative estimate of drug-likeness (QED) is 0.150. The molecule has 1 heterocycles. The van der Waals surface area contributed by atoms with Crippen molar-refractivity contribution in [3.63, 3.8) is 0 Å². The van der Waals surface area contributed by atoms with E-state index >= 15 is 0 Å². The number of carbonyl (C=O) groups excluding carboxylic acids is 2. The molecule has 1 N–H and O–H groups in total. The highest BCUT2D eigenvalue weighted by Crippen LogP contribution is 2.35. The zero-order valence-corrected chi connectivity index (χ0v) is 23.0. The molecule has 0 saturated heterocycles. The van der Waals surface area contributed by atoms with E-state index in [0.717, 1.165) is 46.6 Å². The van der Waals surface area contributed by atoms with Gasteiger partial charge in [-0.1, -0.05) is 80.1 Å². The van der Waals surface area contributed by atoms with Crippen molar-refractivity contribution in [1.82, 2.24) is 9.97 Å². The number of anilines is 1. The van der Waals surface area contributed by atoms with Crippen molar-refractivity contribution in [2.24, 2.45) is 11.0 Å². The maximum atomic E-state index is 13.1. The largest absolute Gasteiger partial charge is 0.309 e. The maximum Gasteiger partial charge on any atom is 0.249 e. The predicted octanol–water partition coefficient (Wildman–Crippen LogP) is 7.79. The minimum Gasteiger partial charge on any atom is -0.309 e. The number of aromatic nitrogens is 2. The topological polar surface area (TPSA) is 121 Å². The molecule has 2 aliphatic rings. The third-order valence-corrected chi connectivity index (χ3v) is 7.46. The lowest BCUT2D eigenvalue weighted by molar-refractivity contribution is -0.115. The van der Waals surface area contributed by atoms with Crippen LogP contribution in [-0.4, -0.2) is 21.8 Å². The fourth-order valence-electron chi connectivity index (χ4n) is 5.41. The maximum absolute atomic E-state index is 13.1. The molecule has 0 unspecified atom stereocenters. The first-order valence-corrected chi connectivity index (χ1v) is 14.0. The summed E-state index contributed by atoms with van der Waals surface area (Å²) in [5.74, 6) is 0.429. The molecule has 1 aromatic heterocycles. The molecule has 2 aromatic rings. The lowest BCUT2D eigenvalue weighted by Crippen LogP contribution is -2.19. The van der Waals surface area contributed by atoms with Gasteiger partial charge in [-0.2, -0.15) is 0 Å². The molecule has 2 aliphatic carbocycles. The second-order valence-corrected chi connectivity index (χ2v) is 10.3. The molecule has 1 saturated carbocycles. The molecule has 0 spiro atoms. The Hall–Kier alpha value is -3.74. The molecule has 0 aliphatic heterocycles. The summed E-state index contributed by atoms with van der Waals surface area (Å²) in [6, 6.07) is 5.29. The minimum atomic E-state index is -0.601. The van der Waals surface area contributed by atoms with Crippen LogP contribution >= 0.6 is 11.6 Å². The lowest BCUT2D eigenvalue weighted by Gasteiger charge is -2.23. The van der Waals surface area contributed by atoms with Gasteiger partial charge >= 0.3 is 0 Å². The second-order valence-electron chi connectivity index (χ2n) is 10.0. The highest BCUT2D eigenvalue weighted by Gasteiger charge is 2.24. The van der Waals surface area contributed by atoms with Crippen LogP contribution in [0.4, 0.5) is 5.82 Å². The lowest BCUT2D eigenvalue weighted by atomic mass is 9.85. The van der Waals surface area contributed by atoms with Crippen LogP contribution in [0.1, 0.15) is 79.2 Å². The number of hydrogen-bond acceptors (Lipinski definition) is 4. The fraction of sp³-hybridized carbons (Fsp3) is 0.400. The van der Waals surface area contributed by atoms with Crippen molar-refractivity contribution < 1.29 is 9.59 Å². The molecule has 202 valence electrons. The zero-order chi connectivity index (χ0) is 27.6. The van der Waals surface area contributed by atoms with Crippen molar-refractivity contribution in [2.75, 3.05) is 5.32 Å². The Balaban J connectivity index is 1.65. The van der Waals surface area contributed by atoms with E-state index in [2.05, 4.69) is 15.3 Å². The summed E-state index contributed by atoms with van der Waals surface area (Å²) in [5.41, 5.74) is 15.5. The molecule has 2 amide bonds. The highest BCUT2D eigenvalue weighted by atomic mass is 35.5. The van der Waals surface area contributed by atoms with Crippen molar-refractivity contribution in [1.29, 1.82) is 0 Å². The van der Waals surface area contributed by atoms with Crippen LogP contribution in [0.2, 0.25) is 0 Å². The number of hydrogen-bond donors (Lipinski definition) is 1. The van der Waals surface area contributed by atoms with E-state index in [1.165, 1.54) is 37.6 Å². The molecule has 0 radical (unpaired) electrons. The van der Waals surface area contributed by atoms with Gasteiger partial charge in [-0.3, -0.25) is 9.59 Å². The van der Waals surface area contributed by atoms with Gasteiger partial charge in [0.25, 0.3) is 0 Å². The van der Waals surface area contributed by atoms with Gasteiger partial charge < -0.3 is 5.32 Å². The van der Waals surface area contributed by atoms with Gasteiger partial charge in [0.2, 0.25) is 11.8 Å². The highest BCUT2D eigenvalue weighted by molar-refractivity contribution is 6.25. The number of nitrogens with zero attached hydrogens (tertiary/aromatic N) is 5. The van der Waals surface area contributed by atoms with Crippen LogP contribution in [0, 0.1) is 5.92 Å². The Labute approximate surface area is 233 Å². The number of carbonyl (C=O) groups is 2. The van der Waals surface area contributed by atoms with E-state index < -0.39 is 5.91 Å². The van der Waals surface area contributed by atoms with Gasteiger partial charge in [0.15, 0.2) is 5.82 Å². The predicted molar refractivity (Wildman–Crippen MR) is 154 cm³/mol. The summed E-state index contributed by atoms with van der Waals surface area (Å²) in [4.78, 5) is 37.7. The number of azide groups is 1. The Kier molecular flexibility index (Phi) is 10.1. The third-order valence-electron chi connectivity index (χ3n) is 7.31. The Morgan fingerprint density at radius 1 is 1.21 bits per heavy atom. The van der Waals surface area contributed by atoms with Crippen molar-refractivity contribution in [2.45, 2.75) is 71.1 Å². The number of benzene rings is 1. The minimum absolute atomic E-state index is 0.159. The van der Waals surface area contributed by atoms with E-state index in [0.29, 0.717) is 30.1 Å². The van der Waals surface area contributed by atoms with Crippen LogP contribution in [0.15, 0.2) is 58.7 Å². The van der Waals surface area contributed by atoms with Gasteiger partial charge in [-0.15, -0.1) is 0 Å². The molecule has 9 heteroatoms. The molecule has 39 heavy (non-hydrogen) atoms. The first-order valence-electron chi connectivity index (χ1n) is 13.5. The van der Waals surface area contributed by atoms with Gasteiger partial charge in [-0.25, -0.2) is 9.97 Å². The summed E-state index contributed by atoms with van der Waals surface area (Å²) >= 11 is 5.67. The molecule has 8 nitrogen and oxygen atoms in total. The molecule has 0 bridgehead atoms. The summed E-state index contributed by atoms with van der Waals surface area (Å²) < 4.78 is 0. The summed E-state index contributed by atoms with van der Waals surface area (Å²) in [5, 5.41) is 6.25. The number of amides is 2. The van der Waals surface area contributed by atoms with Crippen molar-refractivity contribution in [3.05, 3.63) is 86.6 Å². The Bertz CT molecular complexity index is 1370. The first-order chi connectivity index (χ1) is 19.0. The number of halogens is 1. The van der Waals surface area contributed by atoms with Gasteiger partial charge in [0, 0.05) is 21.6 Å². The molecule has 1 aromatic carbocycles. The Morgan fingerprint density at radius 3 is 2.77 bits per heavy atom. The van der Waals surface area contributed by atoms with Crippen LogP contribution in [0.5, 0.6) is 0 Å². The second kappa shape index (κ2) is 13.9. The SMILES string of the molecule is C\C=C/C(=C\C=C\Cl)CC(=O)Nc1nc2c(nc1CCC1CCCCC1)-c1ccc(C(=O)N=[N+]=[N-])cc1CC2. The number of fused-ring (bicyclic) bond motifs is 3. The van der Waals surface area contributed by atoms with Gasteiger partial charge in [0.05, 0.1) is 23.5 Å². The van der Waals surface area contributed by atoms with Gasteiger partial charge in [0.1, 0.15) is 0 Å². The number of rotatable bonds is 9. The molecular weight excluding hydrogens is 512 g/mol. The smallest absolute Gasteiger partial charge is 0.249 e. The number of allylic oxidation sites excluding steroid dienone is 4. The van der Waals surface area contributed by atoms with Crippen LogP contribution in [-0.2, 0) is 24.1 Å². The fourth-order valence-corrected chi connectivity index (χ4v) is 5.48. The number of aryl methyl sites for hydroxylation is 3. The summed E-state index contributed by atoms with van der Waals surface area (Å²) in [6.45, 7) is 1.90. The average Bonchev–Trinajstić information content (AvgIpc) is 2.95. The summed E-state index contributed by atoms with van der Waals surface area (Å²) in [6.07, 6.45) is 16.8. The van der Waals surface area contributed by atoms with E-state index in [-0.39, 0.29) is 12.3 Å².